The lowest BCUT2D eigenvalue weighted by Gasteiger charge is -2.40. The van der Waals surface area contributed by atoms with Crippen LogP contribution in [-0.4, -0.2) is 35.5 Å². The molecule has 0 saturated carbocycles. The van der Waals surface area contributed by atoms with Gasteiger partial charge in [-0.3, -0.25) is 4.79 Å². The largest absolute Gasteiger partial charge is 0.388 e. The van der Waals surface area contributed by atoms with Crippen molar-refractivity contribution in [2.24, 2.45) is 17.1 Å². The summed E-state index contributed by atoms with van der Waals surface area (Å²) in [6.45, 7) is 5.68. The van der Waals surface area contributed by atoms with Crippen molar-refractivity contribution in [3.05, 3.63) is 35.6 Å². The van der Waals surface area contributed by atoms with Crippen molar-refractivity contribution in [2.45, 2.75) is 45.6 Å². The molecule has 1 fully saturated rings. The van der Waals surface area contributed by atoms with Gasteiger partial charge < -0.3 is 15.7 Å². The van der Waals surface area contributed by atoms with Gasteiger partial charge in [0.15, 0.2) is 0 Å². The van der Waals surface area contributed by atoms with Crippen LogP contribution < -0.4 is 5.73 Å². The monoisotopic (exact) mass is 372 g/mol. The molecule has 1 amide bonds. The van der Waals surface area contributed by atoms with E-state index >= 15 is 0 Å². The highest BCUT2D eigenvalue weighted by Crippen LogP contribution is 2.34. The maximum Gasteiger partial charge on any atom is 0.230 e. The Kier molecular flexibility index (Phi) is 8.32. The molecule has 0 spiro atoms. The first-order valence-electron chi connectivity index (χ1n) is 8.90. The zero-order valence-electron chi connectivity index (χ0n) is 15.1. The van der Waals surface area contributed by atoms with E-state index in [-0.39, 0.29) is 30.0 Å². The van der Waals surface area contributed by atoms with E-state index in [1.54, 1.807) is 12.1 Å². The van der Waals surface area contributed by atoms with E-state index in [1.165, 1.54) is 12.1 Å². The summed E-state index contributed by atoms with van der Waals surface area (Å²) < 4.78 is 13.0. The van der Waals surface area contributed by atoms with Gasteiger partial charge in [0.05, 0.1) is 11.5 Å². The van der Waals surface area contributed by atoms with Crippen LogP contribution in [0.15, 0.2) is 24.3 Å². The van der Waals surface area contributed by atoms with Gasteiger partial charge in [0, 0.05) is 19.6 Å². The minimum atomic E-state index is -0.612. The number of aliphatic hydroxyl groups excluding tert-OH is 1. The first-order chi connectivity index (χ1) is 11.5. The molecule has 3 N–H and O–H groups in total. The van der Waals surface area contributed by atoms with E-state index in [0.717, 1.165) is 31.2 Å². The van der Waals surface area contributed by atoms with E-state index in [4.69, 9.17) is 5.73 Å². The molecule has 2 rings (SSSR count). The number of nitrogens with two attached hydrogens (primary N) is 1. The standard InChI is InChI=1S/C19H29FN2O2.ClH/c1-3-19(4-2,13-21)18(24)22-11-9-15(10-12-22)17(23)14-5-7-16(20)8-6-14;/h5-8,15,17,23H,3-4,9-13,21H2,1-2H3;1H. The molecule has 0 aromatic heterocycles. The summed E-state index contributed by atoms with van der Waals surface area (Å²) in [5, 5.41) is 10.5. The second-order valence-corrected chi connectivity index (χ2v) is 6.82. The van der Waals surface area contributed by atoms with Crippen molar-refractivity contribution in [3.63, 3.8) is 0 Å². The van der Waals surface area contributed by atoms with Crippen LogP contribution in [0.4, 0.5) is 4.39 Å². The molecule has 1 heterocycles. The van der Waals surface area contributed by atoms with Gasteiger partial charge in [0.2, 0.25) is 5.91 Å². The molecule has 0 aliphatic carbocycles. The van der Waals surface area contributed by atoms with Crippen LogP contribution in [-0.2, 0) is 4.79 Å². The van der Waals surface area contributed by atoms with Gasteiger partial charge in [-0.05, 0) is 49.3 Å². The summed E-state index contributed by atoms with van der Waals surface area (Å²) in [6.07, 6.45) is 2.38. The smallest absolute Gasteiger partial charge is 0.230 e. The Morgan fingerprint density at radius 2 is 1.80 bits per heavy atom. The Bertz CT molecular complexity index is 533. The topological polar surface area (TPSA) is 66.6 Å². The lowest BCUT2D eigenvalue weighted by atomic mass is 9.79. The molecule has 6 heteroatoms. The summed E-state index contributed by atoms with van der Waals surface area (Å²) in [4.78, 5) is 14.7. The highest BCUT2D eigenvalue weighted by atomic mass is 35.5. The lowest BCUT2D eigenvalue weighted by molar-refractivity contribution is -0.144. The second kappa shape index (κ2) is 9.51. The van der Waals surface area contributed by atoms with Crippen LogP contribution in [0, 0.1) is 17.2 Å². The number of amides is 1. The number of hydrogen-bond donors (Lipinski definition) is 2. The van der Waals surface area contributed by atoms with E-state index < -0.39 is 11.5 Å². The summed E-state index contributed by atoms with van der Waals surface area (Å²) >= 11 is 0. The highest BCUT2D eigenvalue weighted by molar-refractivity contribution is 5.85. The van der Waals surface area contributed by atoms with Gasteiger partial charge in [-0.25, -0.2) is 4.39 Å². The average molecular weight is 373 g/mol. The Hall–Kier alpha value is -1.17. The number of likely N-dealkylation sites (tertiary alicyclic amines) is 1. The molecular formula is C19H30ClFN2O2. The van der Waals surface area contributed by atoms with Gasteiger partial charge in [-0.1, -0.05) is 26.0 Å². The van der Waals surface area contributed by atoms with Crippen LogP contribution in [0.5, 0.6) is 0 Å². The molecular weight excluding hydrogens is 343 g/mol. The minimum absolute atomic E-state index is 0. The molecule has 1 aliphatic heterocycles. The summed E-state index contributed by atoms with van der Waals surface area (Å²) in [5.74, 6) is -0.0663. The number of halogens is 2. The number of carbonyl (C=O) groups excluding carboxylic acids is 1. The van der Waals surface area contributed by atoms with Crippen molar-refractivity contribution in [1.82, 2.24) is 4.90 Å². The van der Waals surface area contributed by atoms with Crippen LogP contribution in [0.2, 0.25) is 0 Å². The maximum absolute atomic E-state index is 13.0. The summed E-state index contributed by atoms with van der Waals surface area (Å²) in [6, 6.07) is 6.00. The van der Waals surface area contributed by atoms with Crippen molar-refractivity contribution in [3.8, 4) is 0 Å². The maximum atomic E-state index is 13.0. The number of carbonyl (C=O) groups is 1. The number of rotatable bonds is 6. The zero-order chi connectivity index (χ0) is 17.7. The third-order valence-corrected chi connectivity index (χ3v) is 5.68. The first kappa shape index (κ1) is 21.9. The predicted molar refractivity (Wildman–Crippen MR) is 100.0 cm³/mol. The number of nitrogens with zero attached hydrogens (tertiary/aromatic N) is 1. The van der Waals surface area contributed by atoms with E-state index in [1.807, 2.05) is 18.7 Å². The van der Waals surface area contributed by atoms with E-state index in [9.17, 15) is 14.3 Å². The summed E-state index contributed by atoms with van der Waals surface area (Å²) in [7, 11) is 0. The lowest BCUT2D eigenvalue weighted by Crippen LogP contribution is -2.50. The fourth-order valence-corrected chi connectivity index (χ4v) is 3.61. The minimum Gasteiger partial charge on any atom is -0.388 e. The first-order valence-corrected chi connectivity index (χ1v) is 8.90. The SMILES string of the molecule is CCC(CC)(CN)C(=O)N1CCC(C(O)c2ccc(F)cc2)CC1.Cl. The fraction of sp³-hybridized carbons (Fsp3) is 0.632. The average Bonchev–Trinajstić information content (AvgIpc) is 2.63. The van der Waals surface area contributed by atoms with Gasteiger partial charge in [-0.15, -0.1) is 12.4 Å². The van der Waals surface area contributed by atoms with E-state index in [2.05, 4.69) is 0 Å². The predicted octanol–water partition coefficient (Wildman–Crippen LogP) is 3.28. The second-order valence-electron chi connectivity index (χ2n) is 6.82. The zero-order valence-corrected chi connectivity index (χ0v) is 15.9. The van der Waals surface area contributed by atoms with Gasteiger partial charge >= 0.3 is 0 Å². The summed E-state index contributed by atoms with van der Waals surface area (Å²) in [5.41, 5.74) is 6.16. The molecule has 1 unspecified atom stereocenters. The third kappa shape index (κ3) is 4.72. The van der Waals surface area contributed by atoms with Crippen LogP contribution in [0.25, 0.3) is 0 Å². The normalized spacial score (nSPS) is 17.1. The highest BCUT2D eigenvalue weighted by Gasteiger charge is 2.38. The third-order valence-electron chi connectivity index (χ3n) is 5.68. The molecule has 1 atom stereocenters. The number of aliphatic hydroxyl groups is 1. The van der Waals surface area contributed by atoms with Gasteiger partial charge in [-0.2, -0.15) is 0 Å². The number of piperidine rings is 1. The number of hydrogen-bond acceptors (Lipinski definition) is 3. The fourth-order valence-electron chi connectivity index (χ4n) is 3.61. The van der Waals surface area contributed by atoms with Crippen molar-refractivity contribution < 1.29 is 14.3 Å². The molecule has 1 saturated heterocycles. The molecule has 0 bridgehead atoms. The van der Waals surface area contributed by atoms with Crippen LogP contribution in [0.3, 0.4) is 0 Å². The van der Waals surface area contributed by atoms with Crippen LogP contribution in [0.1, 0.15) is 51.2 Å². The Balaban J connectivity index is 0.00000312. The molecule has 25 heavy (non-hydrogen) atoms. The van der Waals surface area contributed by atoms with Gasteiger partial charge in [0.25, 0.3) is 0 Å². The van der Waals surface area contributed by atoms with E-state index in [0.29, 0.717) is 19.6 Å². The molecule has 142 valence electrons. The molecule has 1 aromatic rings. The Morgan fingerprint density at radius 3 is 2.24 bits per heavy atom. The van der Waals surface area contributed by atoms with Gasteiger partial charge in [0.1, 0.15) is 5.82 Å². The quantitative estimate of drug-likeness (QED) is 0.805. The molecule has 1 aromatic carbocycles. The Labute approximate surface area is 156 Å². The molecule has 0 radical (unpaired) electrons. The van der Waals surface area contributed by atoms with Crippen molar-refractivity contribution in [1.29, 1.82) is 0 Å². The van der Waals surface area contributed by atoms with Crippen molar-refractivity contribution in [2.75, 3.05) is 19.6 Å². The Morgan fingerprint density at radius 1 is 1.28 bits per heavy atom. The number of benzene rings is 1. The van der Waals surface area contributed by atoms with Crippen molar-refractivity contribution >= 4 is 18.3 Å². The molecule has 1 aliphatic rings. The molecule has 4 nitrogen and oxygen atoms in total. The van der Waals surface area contributed by atoms with Crippen LogP contribution >= 0.6 is 12.4 Å².